The Morgan fingerprint density at radius 1 is 1.09 bits per heavy atom. The highest BCUT2D eigenvalue weighted by Crippen LogP contribution is 2.32. The predicted molar refractivity (Wildman–Crippen MR) is 83.5 cm³/mol. The quantitative estimate of drug-likeness (QED) is 0.426. The summed E-state index contributed by atoms with van der Waals surface area (Å²) in [5.74, 6) is 0.516. The molecular weight excluding hydrogens is 282 g/mol. The molecule has 1 aromatic carbocycles. The molecule has 7 heteroatoms. The van der Waals surface area contributed by atoms with Crippen molar-refractivity contribution in [1.29, 1.82) is 0 Å². The molecule has 0 bridgehead atoms. The summed E-state index contributed by atoms with van der Waals surface area (Å²) in [4.78, 5) is 19.4. The van der Waals surface area contributed by atoms with Gasteiger partial charge in [0.15, 0.2) is 5.65 Å². The van der Waals surface area contributed by atoms with Crippen LogP contribution >= 0.6 is 0 Å². The van der Waals surface area contributed by atoms with E-state index in [1.165, 1.54) is 0 Å². The van der Waals surface area contributed by atoms with Crippen LogP contribution in [0.25, 0.3) is 33.1 Å². The van der Waals surface area contributed by atoms with Crippen molar-refractivity contribution in [1.82, 2.24) is 20.2 Å². The number of hydrogen-bond donors (Lipinski definition) is 4. The Kier molecular flexibility index (Phi) is 2.43. The number of phenols is 1. The van der Waals surface area contributed by atoms with Crippen molar-refractivity contribution >= 4 is 27.6 Å². The first-order valence-corrected chi connectivity index (χ1v) is 6.59. The Morgan fingerprint density at radius 3 is 2.64 bits per heavy atom. The summed E-state index contributed by atoms with van der Waals surface area (Å²) in [6, 6.07) is 8.26. The van der Waals surface area contributed by atoms with Crippen molar-refractivity contribution in [2.45, 2.75) is 0 Å². The lowest BCUT2D eigenvalue weighted by Gasteiger charge is -2.06. The van der Waals surface area contributed by atoms with Gasteiger partial charge in [-0.25, -0.2) is 4.98 Å². The normalized spacial score (nSPS) is 11.3. The van der Waals surface area contributed by atoms with Gasteiger partial charge < -0.3 is 15.8 Å². The fourth-order valence-electron chi connectivity index (χ4n) is 2.60. The zero-order valence-electron chi connectivity index (χ0n) is 11.3. The number of hydrogen-bond acceptors (Lipinski definition) is 5. The summed E-state index contributed by atoms with van der Waals surface area (Å²) < 4.78 is 0. The zero-order chi connectivity index (χ0) is 15.3. The van der Waals surface area contributed by atoms with Gasteiger partial charge in [0, 0.05) is 17.1 Å². The lowest BCUT2D eigenvalue weighted by atomic mass is 10.0. The molecule has 108 valence electrons. The van der Waals surface area contributed by atoms with Crippen LogP contribution in [0.2, 0.25) is 0 Å². The third kappa shape index (κ3) is 1.65. The Balaban J connectivity index is 2.21. The number of benzene rings is 1. The number of aromatic hydroxyl groups is 1. The molecule has 0 saturated carbocycles. The number of nitrogens with one attached hydrogen (secondary N) is 2. The van der Waals surface area contributed by atoms with Crippen molar-refractivity contribution in [3.05, 3.63) is 46.9 Å². The molecule has 0 spiro atoms. The Morgan fingerprint density at radius 2 is 1.86 bits per heavy atom. The SMILES string of the molecule is Nc1[nH]nc2nc(-c3ccc(O)cc3)c3c(=O)[nH]ccc3c12. The average molecular weight is 293 g/mol. The second-order valence-corrected chi connectivity index (χ2v) is 4.94. The molecule has 7 nitrogen and oxygen atoms in total. The predicted octanol–water partition coefficient (Wildman–Crippen LogP) is 1.75. The van der Waals surface area contributed by atoms with Gasteiger partial charge in [0.2, 0.25) is 0 Å². The van der Waals surface area contributed by atoms with Crippen LogP contribution in [0, 0.1) is 0 Å². The lowest BCUT2D eigenvalue weighted by molar-refractivity contribution is 0.475. The molecule has 0 aliphatic carbocycles. The van der Waals surface area contributed by atoms with Crippen molar-refractivity contribution in [2.75, 3.05) is 5.73 Å². The smallest absolute Gasteiger partial charge is 0.258 e. The number of nitrogens with zero attached hydrogens (tertiary/aromatic N) is 2. The molecule has 3 aromatic heterocycles. The monoisotopic (exact) mass is 293 g/mol. The summed E-state index contributed by atoms with van der Waals surface area (Å²) in [5, 5.41) is 17.9. The van der Waals surface area contributed by atoms with Crippen LogP contribution < -0.4 is 11.3 Å². The molecule has 0 fully saturated rings. The number of aromatic nitrogens is 4. The Hall–Kier alpha value is -3.35. The maximum atomic E-state index is 12.3. The Bertz CT molecular complexity index is 1060. The number of nitrogen functional groups attached to an aromatic ring is 1. The third-order valence-corrected chi connectivity index (χ3v) is 3.60. The highest BCUT2D eigenvalue weighted by atomic mass is 16.3. The first-order chi connectivity index (χ1) is 10.6. The van der Waals surface area contributed by atoms with E-state index in [-0.39, 0.29) is 11.3 Å². The van der Waals surface area contributed by atoms with E-state index in [0.717, 1.165) is 0 Å². The van der Waals surface area contributed by atoms with Gasteiger partial charge in [-0.2, -0.15) is 5.10 Å². The number of phenolic OH excluding ortho intramolecular Hbond substituents is 1. The molecular formula is C15H11N5O2. The molecule has 0 atom stereocenters. The largest absolute Gasteiger partial charge is 0.508 e. The van der Waals surface area contributed by atoms with E-state index < -0.39 is 0 Å². The minimum atomic E-state index is -0.254. The maximum absolute atomic E-state index is 12.3. The van der Waals surface area contributed by atoms with Gasteiger partial charge in [-0.1, -0.05) is 0 Å². The van der Waals surface area contributed by atoms with Crippen LogP contribution in [0.1, 0.15) is 0 Å². The van der Waals surface area contributed by atoms with Gasteiger partial charge in [-0.15, -0.1) is 0 Å². The molecule has 0 amide bonds. The topological polar surface area (TPSA) is 121 Å². The van der Waals surface area contributed by atoms with Crippen molar-refractivity contribution in [3.8, 4) is 17.0 Å². The third-order valence-electron chi connectivity index (χ3n) is 3.60. The number of rotatable bonds is 1. The second kappa shape index (κ2) is 4.32. The summed E-state index contributed by atoms with van der Waals surface area (Å²) in [6.07, 6.45) is 1.57. The summed E-state index contributed by atoms with van der Waals surface area (Å²) in [7, 11) is 0. The molecule has 5 N–H and O–H groups in total. The number of H-pyrrole nitrogens is 2. The fraction of sp³-hybridized carbons (Fsp3) is 0. The van der Waals surface area contributed by atoms with Crippen molar-refractivity contribution in [3.63, 3.8) is 0 Å². The molecule has 4 aromatic rings. The van der Waals surface area contributed by atoms with E-state index >= 15 is 0 Å². The van der Waals surface area contributed by atoms with E-state index in [0.29, 0.717) is 38.9 Å². The van der Waals surface area contributed by atoms with Crippen LogP contribution in [-0.2, 0) is 0 Å². The van der Waals surface area contributed by atoms with Gasteiger partial charge >= 0.3 is 0 Å². The Labute approximate surface area is 123 Å². The van der Waals surface area contributed by atoms with Crippen LogP contribution in [0.15, 0.2) is 41.3 Å². The highest BCUT2D eigenvalue weighted by Gasteiger charge is 2.16. The van der Waals surface area contributed by atoms with Crippen molar-refractivity contribution in [2.24, 2.45) is 0 Å². The van der Waals surface area contributed by atoms with Gasteiger partial charge in [0.25, 0.3) is 5.56 Å². The summed E-state index contributed by atoms with van der Waals surface area (Å²) >= 11 is 0. The number of pyridine rings is 2. The highest BCUT2D eigenvalue weighted by molar-refractivity contribution is 6.13. The molecule has 0 aliphatic heterocycles. The standard InChI is InChI=1S/C15H11N5O2/c16-13-11-9-5-6-17-15(22)10(9)12(18-14(11)20-19-13)7-1-3-8(21)4-2-7/h1-6,21H,(H,17,22)(H3,16,18,19,20). The van der Waals surface area contributed by atoms with Gasteiger partial charge in [0.1, 0.15) is 11.6 Å². The second-order valence-electron chi connectivity index (χ2n) is 4.94. The average Bonchev–Trinajstić information content (AvgIpc) is 2.89. The number of anilines is 1. The van der Waals surface area contributed by atoms with E-state index in [4.69, 9.17) is 5.73 Å². The van der Waals surface area contributed by atoms with Crippen LogP contribution in [0.4, 0.5) is 5.82 Å². The lowest BCUT2D eigenvalue weighted by Crippen LogP contribution is -2.07. The van der Waals surface area contributed by atoms with Gasteiger partial charge in [-0.3, -0.25) is 9.89 Å². The number of fused-ring (bicyclic) bond motifs is 3. The van der Waals surface area contributed by atoms with Crippen LogP contribution in [-0.4, -0.2) is 25.3 Å². The molecule has 0 saturated heterocycles. The van der Waals surface area contributed by atoms with Gasteiger partial charge in [-0.05, 0) is 30.3 Å². The number of nitrogens with two attached hydrogens (primary N) is 1. The molecule has 4 rings (SSSR count). The molecule has 0 radical (unpaired) electrons. The van der Waals surface area contributed by atoms with Crippen LogP contribution in [0.5, 0.6) is 5.75 Å². The van der Waals surface area contributed by atoms with Crippen LogP contribution in [0.3, 0.4) is 0 Å². The van der Waals surface area contributed by atoms with E-state index in [9.17, 15) is 9.90 Å². The summed E-state index contributed by atoms with van der Waals surface area (Å²) in [5.41, 5.74) is 7.29. The molecule has 0 aliphatic rings. The maximum Gasteiger partial charge on any atom is 0.258 e. The molecule has 22 heavy (non-hydrogen) atoms. The van der Waals surface area contributed by atoms with E-state index in [1.54, 1.807) is 36.5 Å². The van der Waals surface area contributed by atoms with E-state index in [2.05, 4.69) is 20.2 Å². The first-order valence-electron chi connectivity index (χ1n) is 6.59. The number of aromatic amines is 2. The fourth-order valence-corrected chi connectivity index (χ4v) is 2.60. The van der Waals surface area contributed by atoms with Gasteiger partial charge in [0.05, 0.1) is 16.5 Å². The molecule has 3 heterocycles. The first kappa shape index (κ1) is 12.4. The van der Waals surface area contributed by atoms with Crippen molar-refractivity contribution < 1.29 is 5.11 Å². The zero-order valence-corrected chi connectivity index (χ0v) is 11.3. The minimum Gasteiger partial charge on any atom is -0.508 e. The summed E-state index contributed by atoms with van der Waals surface area (Å²) in [6.45, 7) is 0. The van der Waals surface area contributed by atoms with E-state index in [1.807, 2.05) is 0 Å². The minimum absolute atomic E-state index is 0.145. The molecule has 0 unspecified atom stereocenters.